The van der Waals surface area contributed by atoms with E-state index in [1.807, 2.05) is 12.5 Å². The lowest BCUT2D eigenvalue weighted by atomic mass is 10.5. The molecule has 0 rings (SSSR count). The van der Waals surface area contributed by atoms with Crippen LogP contribution in [0.5, 0.6) is 0 Å². The van der Waals surface area contributed by atoms with Crippen molar-refractivity contribution in [3.63, 3.8) is 0 Å². The maximum Gasteiger partial charge on any atom is 0.121 e. The molecule has 2 heteroatoms. The molecule has 0 heterocycles. The summed E-state index contributed by atoms with van der Waals surface area (Å²) >= 11 is 3.18. The summed E-state index contributed by atoms with van der Waals surface area (Å²) in [4.78, 5) is 0. The molecule has 1 radical (unpaired) electrons. The maximum atomic E-state index is 5.17. The van der Waals surface area contributed by atoms with E-state index in [-0.39, 0.29) is 4.08 Å². The molecule has 0 aliphatic rings. The molecule has 0 unspecified atom stereocenters. The van der Waals surface area contributed by atoms with Gasteiger partial charge >= 0.3 is 0 Å². The molecule has 0 atom stereocenters. The standard InChI is InChI=1S/C6H9S2/c1-5-6(2,7-3)8-4/h1H,2H2,3-4H3. The Bertz CT molecular complexity index is 97.6. The van der Waals surface area contributed by atoms with Crippen molar-refractivity contribution >= 4 is 23.5 Å². The lowest BCUT2D eigenvalue weighted by Gasteiger charge is -2.15. The van der Waals surface area contributed by atoms with E-state index in [4.69, 9.17) is 6.42 Å². The van der Waals surface area contributed by atoms with Gasteiger partial charge in [-0.3, -0.25) is 0 Å². The molecule has 0 aromatic rings. The monoisotopic (exact) mass is 145 g/mol. The maximum absolute atomic E-state index is 5.17. The van der Waals surface area contributed by atoms with Crippen molar-refractivity contribution < 1.29 is 0 Å². The second-order valence-corrected chi connectivity index (χ2v) is 3.77. The van der Waals surface area contributed by atoms with Gasteiger partial charge in [0.15, 0.2) is 0 Å². The Hall–Kier alpha value is 0.260. The molecule has 0 aliphatic carbocycles. The minimum absolute atomic E-state index is 0.264. The molecule has 0 bridgehead atoms. The van der Waals surface area contributed by atoms with E-state index < -0.39 is 0 Å². The summed E-state index contributed by atoms with van der Waals surface area (Å²) in [5.74, 6) is 2.59. The summed E-state index contributed by atoms with van der Waals surface area (Å²) in [6.45, 7) is 3.81. The van der Waals surface area contributed by atoms with Crippen molar-refractivity contribution in [2.75, 3.05) is 12.5 Å². The van der Waals surface area contributed by atoms with E-state index in [9.17, 15) is 0 Å². The topological polar surface area (TPSA) is 0 Å². The first-order chi connectivity index (χ1) is 3.68. The van der Waals surface area contributed by atoms with E-state index in [1.54, 1.807) is 23.5 Å². The summed E-state index contributed by atoms with van der Waals surface area (Å²) in [5.41, 5.74) is 0. The van der Waals surface area contributed by atoms with Gasteiger partial charge in [0, 0.05) is 0 Å². The van der Waals surface area contributed by atoms with Gasteiger partial charge < -0.3 is 0 Å². The first kappa shape index (κ1) is 8.26. The Morgan fingerprint density at radius 3 is 1.88 bits per heavy atom. The molecule has 0 spiro atoms. The Labute approximate surface area is 59.8 Å². The van der Waals surface area contributed by atoms with Gasteiger partial charge in [-0.15, -0.1) is 29.9 Å². The number of hydrogen-bond acceptors (Lipinski definition) is 2. The predicted octanol–water partition coefficient (Wildman–Crippen LogP) is 1.88. The number of rotatable bonds is 2. The fourth-order valence-electron chi connectivity index (χ4n) is 0.201. The van der Waals surface area contributed by atoms with Crippen LogP contribution in [0.3, 0.4) is 0 Å². The summed E-state index contributed by atoms with van der Waals surface area (Å²) < 4.78 is -0.264. The van der Waals surface area contributed by atoms with Gasteiger partial charge in [0.05, 0.1) is 0 Å². The third-order valence-corrected chi connectivity index (χ3v) is 3.43. The fourth-order valence-corrected chi connectivity index (χ4v) is 1.10. The molecule has 0 fully saturated rings. The first-order valence-corrected chi connectivity index (χ1v) is 4.57. The van der Waals surface area contributed by atoms with Crippen molar-refractivity contribution in [3.8, 4) is 12.3 Å². The van der Waals surface area contributed by atoms with E-state index in [0.717, 1.165) is 0 Å². The SMILES string of the molecule is C#CC([CH2])(SC)SC. The van der Waals surface area contributed by atoms with Gasteiger partial charge in [-0.05, 0) is 19.4 Å². The van der Waals surface area contributed by atoms with Gasteiger partial charge in [-0.2, -0.15) is 0 Å². The van der Waals surface area contributed by atoms with Crippen molar-refractivity contribution in [1.29, 1.82) is 0 Å². The van der Waals surface area contributed by atoms with Gasteiger partial charge in [-0.1, -0.05) is 5.92 Å². The second-order valence-electron chi connectivity index (χ2n) is 1.31. The molecule has 0 N–H and O–H groups in total. The van der Waals surface area contributed by atoms with Crippen molar-refractivity contribution in [1.82, 2.24) is 0 Å². The van der Waals surface area contributed by atoms with Crippen LogP contribution in [0.25, 0.3) is 0 Å². The molecule has 0 aliphatic heterocycles. The van der Waals surface area contributed by atoms with E-state index >= 15 is 0 Å². The molecule has 45 valence electrons. The van der Waals surface area contributed by atoms with Crippen LogP contribution < -0.4 is 0 Å². The molecular formula is C6H9S2. The van der Waals surface area contributed by atoms with Crippen LogP contribution in [0.2, 0.25) is 0 Å². The van der Waals surface area contributed by atoms with Gasteiger partial charge in [0.25, 0.3) is 0 Å². The van der Waals surface area contributed by atoms with Gasteiger partial charge in [0.1, 0.15) is 4.08 Å². The highest BCUT2D eigenvalue weighted by Crippen LogP contribution is 2.31. The molecule has 0 amide bonds. The zero-order valence-electron chi connectivity index (χ0n) is 5.10. The minimum atomic E-state index is -0.264. The number of hydrogen-bond donors (Lipinski definition) is 0. The summed E-state index contributed by atoms with van der Waals surface area (Å²) in [6, 6.07) is 0. The molecule has 0 aromatic heterocycles. The van der Waals surface area contributed by atoms with Crippen molar-refractivity contribution in [3.05, 3.63) is 6.92 Å². The molecule has 0 nitrogen and oxygen atoms in total. The Morgan fingerprint density at radius 1 is 1.50 bits per heavy atom. The lowest BCUT2D eigenvalue weighted by Crippen LogP contribution is -2.09. The highest BCUT2D eigenvalue weighted by Gasteiger charge is 2.16. The van der Waals surface area contributed by atoms with Gasteiger partial charge in [-0.25, -0.2) is 0 Å². The summed E-state index contributed by atoms with van der Waals surface area (Å²) in [6.07, 6.45) is 9.10. The van der Waals surface area contributed by atoms with E-state index in [2.05, 4.69) is 12.8 Å². The molecule has 0 saturated carbocycles. The molecule has 0 aromatic carbocycles. The number of terminal acetylenes is 1. The highest BCUT2D eigenvalue weighted by molar-refractivity contribution is 8.18. The molecular weight excluding hydrogens is 136 g/mol. The number of thioether (sulfide) groups is 2. The Morgan fingerprint density at radius 2 is 1.88 bits per heavy atom. The smallest absolute Gasteiger partial charge is 0.121 e. The second kappa shape index (κ2) is 3.32. The third kappa shape index (κ3) is 2.02. The van der Waals surface area contributed by atoms with Crippen LogP contribution in [0.1, 0.15) is 0 Å². The molecule has 8 heavy (non-hydrogen) atoms. The summed E-state index contributed by atoms with van der Waals surface area (Å²) in [7, 11) is 0. The average Bonchev–Trinajstić information content (AvgIpc) is 1.87. The van der Waals surface area contributed by atoms with Crippen LogP contribution in [0.15, 0.2) is 0 Å². The minimum Gasteiger partial charge on any atom is -0.135 e. The van der Waals surface area contributed by atoms with Crippen LogP contribution in [0, 0.1) is 19.3 Å². The normalized spacial score (nSPS) is 10.8. The van der Waals surface area contributed by atoms with Crippen LogP contribution >= 0.6 is 23.5 Å². The predicted molar refractivity (Wildman–Crippen MR) is 44.0 cm³/mol. The third-order valence-electron chi connectivity index (χ3n) is 0.879. The van der Waals surface area contributed by atoms with Crippen LogP contribution in [-0.4, -0.2) is 16.6 Å². The van der Waals surface area contributed by atoms with Crippen LogP contribution in [0.4, 0.5) is 0 Å². The molecule has 0 saturated heterocycles. The van der Waals surface area contributed by atoms with Gasteiger partial charge in [0.2, 0.25) is 0 Å². The zero-order chi connectivity index (χ0) is 6.62. The van der Waals surface area contributed by atoms with E-state index in [0.29, 0.717) is 0 Å². The lowest BCUT2D eigenvalue weighted by molar-refractivity contribution is 1.40. The first-order valence-electron chi connectivity index (χ1n) is 2.12. The largest absolute Gasteiger partial charge is 0.135 e. The van der Waals surface area contributed by atoms with Crippen LogP contribution in [-0.2, 0) is 0 Å². The Kier molecular flexibility index (Phi) is 3.43. The highest BCUT2D eigenvalue weighted by atomic mass is 32.2. The van der Waals surface area contributed by atoms with Crippen molar-refractivity contribution in [2.45, 2.75) is 4.08 Å². The zero-order valence-corrected chi connectivity index (χ0v) is 6.73. The quantitative estimate of drug-likeness (QED) is 0.430. The van der Waals surface area contributed by atoms with Crippen molar-refractivity contribution in [2.24, 2.45) is 0 Å². The summed E-state index contributed by atoms with van der Waals surface area (Å²) in [5, 5.41) is 0. The Balaban J connectivity index is 3.83. The fraction of sp³-hybridized carbons (Fsp3) is 0.500. The average molecular weight is 145 g/mol. The van der Waals surface area contributed by atoms with E-state index in [1.165, 1.54) is 0 Å².